The van der Waals surface area contributed by atoms with Crippen LogP contribution in [0.4, 0.5) is 10.5 Å². The van der Waals surface area contributed by atoms with Gasteiger partial charge < -0.3 is 20.5 Å². The number of benzene rings is 1. The lowest BCUT2D eigenvalue weighted by molar-refractivity contribution is -0.124. The number of hydrogen-bond donors (Lipinski definition) is 4. The van der Waals surface area contributed by atoms with Gasteiger partial charge in [0.15, 0.2) is 0 Å². The molecule has 1 saturated heterocycles. The maximum absolute atomic E-state index is 12.0. The summed E-state index contributed by atoms with van der Waals surface area (Å²) in [7, 11) is 1.56. The molecule has 0 aliphatic carbocycles. The Morgan fingerprint density at radius 2 is 2.05 bits per heavy atom. The molecule has 1 aliphatic heterocycles. The number of carbonyl (C=O) groups excluding carboxylic acids is 2. The van der Waals surface area contributed by atoms with E-state index < -0.39 is 24.1 Å². The van der Waals surface area contributed by atoms with Crippen LogP contribution in [0.3, 0.4) is 0 Å². The third-order valence-electron chi connectivity index (χ3n) is 3.28. The van der Waals surface area contributed by atoms with Gasteiger partial charge >= 0.3 is 6.03 Å². The SMILES string of the molecule is COc1ccc(NNC(=O)C2CC(O)CN2C(N)=O)cc1. The summed E-state index contributed by atoms with van der Waals surface area (Å²) in [4.78, 5) is 24.4. The van der Waals surface area contributed by atoms with E-state index in [4.69, 9.17) is 10.5 Å². The molecule has 1 heterocycles. The van der Waals surface area contributed by atoms with Gasteiger partial charge in [0.05, 0.1) is 18.9 Å². The number of methoxy groups -OCH3 is 1. The van der Waals surface area contributed by atoms with Gasteiger partial charge in [-0.2, -0.15) is 0 Å². The van der Waals surface area contributed by atoms with E-state index >= 15 is 0 Å². The maximum Gasteiger partial charge on any atom is 0.315 e. The van der Waals surface area contributed by atoms with Crippen LogP contribution in [0.5, 0.6) is 5.75 Å². The van der Waals surface area contributed by atoms with Gasteiger partial charge in [0.2, 0.25) is 0 Å². The van der Waals surface area contributed by atoms with Gasteiger partial charge in [0.1, 0.15) is 11.8 Å². The van der Waals surface area contributed by atoms with Crippen LogP contribution in [0.15, 0.2) is 24.3 Å². The quantitative estimate of drug-likeness (QED) is 0.566. The van der Waals surface area contributed by atoms with Crippen LogP contribution in [0, 0.1) is 0 Å². The number of nitrogens with one attached hydrogen (secondary N) is 2. The topological polar surface area (TPSA) is 117 Å². The normalized spacial score (nSPS) is 21.0. The van der Waals surface area contributed by atoms with E-state index in [1.807, 2.05) is 0 Å². The van der Waals surface area contributed by atoms with Crippen molar-refractivity contribution in [3.8, 4) is 5.75 Å². The van der Waals surface area contributed by atoms with Crippen molar-refractivity contribution in [1.82, 2.24) is 10.3 Å². The van der Waals surface area contributed by atoms with Gasteiger partial charge in [-0.1, -0.05) is 0 Å². The molecule has 0 spiro atoms. The van der Waals surface area contributed by atoms with E-state index in [9.17, 15) is 14.7 Å². The Balaban J connectivity index is 1.92. The van der Waals surface area contributed by atoms with E-state index in [-0.39, 0.29) is 13.0 Å². The largest absolute Gasteiger partial charge is 0.497 e. The minimum atomic E-state index is -0.775. The summed E-state index contributed by atoms with van der Waals surface area (Å²) in [6.45, 7) is 0.0654. The highest BCUT2D eigenvalue weighted by Crippen LogP contribution is 2.18. The lowest BCUT2D eigenvalue weighted by Crippen LogP contribution is -2.49. The van der Waals surface area contributed by atoms with E-state index in [0.29, 0.717) is 11.4 Å². The molecule has 0 radical (unpaired) electrons. The molecule has 1 aliphatic rings. The number of hydrogen-bond acceptors (Lipinski definition) is 5. The second-order valence-electron chi connectivity index (χ2n) is 4.74. The molecule has 1 fully saturated rings. The lowest BCUT2D eigenvalue weighted by atomic mass is 10.2. The minimum absolute atomic E-state index is 0.0654. The number of likely N-dealkylation sites (tertiary alicyclic amines) is 1. The van der Waals surface area contributed by atoms with Crippen molar-refractivity contribution in [3.63, 3.8) is 0 Å². The fourth-order valence-corrected chi connectivity index (χ4v) is 2.20. The second kappa shape index (κ2) is 6.31. The zero-order valence-electron chi connectivity index (χ0n) is 11.6. The highest BCUT2D eigenvalue weighted by Gasteiger charge is 2.38. The Bertz CT molecular complexity index is 519. The number of nitrogens with two attached hydrogens (primary N) is 1. The van der Waals surface area contributed by atoms with Crippen LogP contribution < -0.4 is 21.3 Å². The Hall–Kier alpha value is -2.48. The Kier molecular flexibility index (Phi) is 4.49. The van der Waals surface area contributed by atoms with E-state index in [2.05, 4.69) is 10.9 Å². The number of primary amides is 1. The summed E-state index contributed by atoms with van der Waals surface area (Å²) in [5, 5.41) is 9.55. The molecule has 2 atom stereocenters. The summed E-state index contributed by atoms with van der Waals surface area (Å²) >= 11 is 0. The van der Waals surface area contributed by atoms with E-state index in [1.54, 1.807) is 31.4 Å². The summed E-state index contributed by atoms with van der Waals surface area (Å²) in [6.07, 6.45) is -0.576. The number of β-amino-alcohol motifs (C(OH)–C–C–N with tert-alkyl or cyclic N) is 1. The van der Waals surface area contributed by atoms with Crippen LogP contribution in [-0.4, -0.2) is 47.7 Å². The molecule has 8 nitrogen and oxygen atoms in total. The molecule has 0 bridgehead atoms. The maximum atomic E-state index is 12.0. The molecule has 2 rings (SSSR count). The number of ether oxygens (including phenoxy) is 1. The van der Waals surface area contributed by atoms with Crippen molar-refractivity contribution in [2.24, 2.45) is 5.73 Å². The van der Waals surface area contributed by atoms with Gasteiger partial charge in [-0.3, -0.25) is 15.6 Å². The summed E-state index contributed by atoms with van der Waals surface area (Å²) in [5.74, 6) is 0.270. The number of anilines is 1. The smallest absolute Gasteiger partial charge is 0.315 e. The number of nitrogens with zero attached hydrogens (tertiary/aromatic N) is 1. The molecule has 1 aromatic rings. The average Bonchev–Trinajstić information content (AvgIpc) is 2.87. The fourth-order valence-electron chi connectivity index (χ4n) is 2.20. The first-order valence-corrected chi connectivity index (χ1v) is 6.45. The summed E-state index contributed by atoms with van der Waals surface area (Å²) < 4.78 is 5.03. The highest BCUT2D eigenvalue weighted by atomic mass is 16.5. The first-order valence-electron chi connectivity index (χ1n) is 6.45. The summed E-state index contributed by atoms with van der Waals surface area (Å²) in [6, 6.07) is 5.44. The Morgan fingerprint density at radius 1 is 1.38 bits per heavy atom. The standard InChI is InChI=1S/C13H18N4O4/c1-21-10-4-2-8(3-5-10)15-16-12(19)11-6-9(18)7-17(11)13(14)20/h2-5,9,11,15,18H,6-7H2,1H3,(H2,14,20)(H,16,19). The van der Waals surface area contributed by atoms with Gasteiger partial charge in [0.25, 0.3) is 5.91 Å². The van der Waals surface area contributed by atoms with Crippen LogP contribution >= 0.6 is 0 Å². The van der Waals surface area contributed by atoms with Crippen molar-refractivity contribution in [1.29, 1.82) is 0 Å². The monoisotopic (exact) mass is 294 g/mol. The third kappa shape index (κ3) is 3.54. The number of amides is 3. The van der Waals surface area contributed by atoms with Crippen molar-refractivity contribution >= 4 is 17.6 Å². The highest BCUT2D eigenvalue weighted by molar-refractivity contribution is 5.88. The number of urea groups is 1. The van der Waals surface area contributed by atoms with Gasteiger partial charge in [-0.25, -0.2) is 4.79 Å². The van der Waals surface area contributed by atoms with Crippen LogP contribution in [0.1, 0.15) is 6.42 Å². The molecule has 5 N–H and O–H groups in total. The van der Waals surface area contributed by atoms with Crippen molar-refractivity contribution in [3.05, 3.63) is 24.3 Å². The zero-order valence-corrected chi connectivity index (χ0v) is 11.6. The number of hydrazine groups is 1. The molecular weight excluding hydrogens is 276 g/mol. The van der Waals surface area contributed by atoms with Crippen LogP contribution in [0.25, 0.3) is 0 Å². The molecule has 2 unspecified atom stereocenters. The molecule has 1 aromatic carbocycles. The van der Waals surface area contributed by atoms with Crippen molar-refractivity contribution in [2.75, 3.05) is 19.1 Å². The molecule has 3 amide bonds. The van der Waals surface area contributed by atoms with Gasteiger partial charge in [-0.05, 0) is 24.3 Å². The molecular formula is C13H18N4O4. The number of aliphatic hydroxyl groups excluding tert-OH is 1. The van der Waals surface area contributed by atoms with Crippen molar-refractivity contribution in [2.45, 2.75) is 18.6 Å². The first-order chi connectivity index (χ1) is 10.0. The predicted molar refractivity (Wildman–Crippen MR) is 75.5 cm³/mol. The van der Waals surface area contributed by atoms with Gasteiger partial charge in [-0.15, -0.1) is 0 Å². The lowest BCUT2D eigenvalue weighted by Gasteiger charge is -2.21. The second-order valence-corrected chi connectivity index (χ2v) is 4.74. The Labute approximate surface area is 121 Å². The number of aliphatic hydroxyl groups is 1. The Morgan fingerprint density at radius 3 is 2.62 bits per heavy atom. The molecule has 114 valence electrons. The molecule has 21 heavy (non-hydrogen) atoms. The van der Waals surface area contributed by atoms with Gasteiger partial charge in [0, 0.05) is 13.0 Å². The van der Waals surface area contributed by atoms with E-state index in [1.165, 1.54) is 0 Å². The van der Waals surface area contributed by atoms with Crippen LogP contribution in [-0.2, 0) is 4.79 Å². The van der Waals surface area contributed by atoms with E-state index in [0.717, 1.165) is 4.90 Å². The van der Waals surface area contributed by atoms with Crippen LogP contribution in [0.2, 0.25) is 0 Å². The summed E-state index contributed by atoms with van der Waals surface area (Å²) in [5.41, 5.74) is 11.1. The minimum Gasteiger partial charge on any atom is -0.497 e. The molecule has 8 heteroatoms. The fraction of sp³-hybridized carbons (Fsp3) is 0.385. The first kappa shape index (κ1) is 14.9. The molecule has 0 aromatic heterocycles. The average molecular weight is 294 g/mol. The zero-order chi connectivity index (χ0) is 15.4. The number of carbonyl (C=O) groups is 2. The van der Waals surface area contributed by atoms with Crippen molar-refractivity contribution < 1.29 is 19.4 Å². The molecule has 0 saturated carbocycles. The predicted octanol–water partition coefficient (Wildman–Crippen LogP) is -0.348. The number of rotatable bonds is 4. The third-order valence-corrected chi connectivity index (χ3v) is 3.28.